The van der Waals surface area contributed by atoms with Crippen LogP contribution in [0.1, 0.15) is 24.0 Å². The van der Waals surface area contributed by atoms with Crippen LogP contribution in [0.15, 0.2) is 47.4 Å². The zero-order valence-corrected chi connectivity index (χ0v) is 15.6. The van der Waals surface area contributed by atoms with Gasteiger partial charge >= 0.3 is 0 Å². The quantitative estimate of drug-likeness (QED) is 0.818. The van der Waals surface area contributed by atoms with Crippen molar-refractivity contribution >= 4 is 21.0 Å². The summed E-state index contributed by atoms with van der Waals surface area (Å²) in [6.07, 6.45) is 1.76. The lowest BCUT2D eigenvalue weighted by atomic mass is 9.84. The Labute approximate surface area is 156 Å². The first-order chi connectivity index (χ1) is 12.7. The van der Waals surface area contributed by atoms with Crippen molar-refractivity contribution in [2.24, 2.45) is 5.41 Å². The van der Waals surface area contributed by atoms with E-state index in [1.54, 1.807) is 12.1 Å². The average molecular weight is 394 g/mol. The van der Waals surface area contributed by atoms with Gasteiger partial charge in [0.05, 0.1) is 18.1 Å². The van der Waals surface area contributed by atoms with Crippen LogP contribution in [0.3, 0.4) is 0 Å². The molecule has 0 amide bonds. The van der Waals surface area contributed by atoms with Gasteiger partial charge in [-0.1, -0.05) is 18.2 Å². The summed E-state index contributed by atoms with van der Waals surface area (Å²) in [7, 11) is -3.34. The van der Waals surface area contributed by atoms with Crippen LogP contribution < -0.4 is 0 Å². The smallest absolute Gasteiger partial charge is 0.175 e. The van der Waals surface area contributed by atoms with E-state index in [4.69, 9.17) is 0 Å². The third kappa shape index (κ3) is 3.81. The molecular formula is C20H20F2O4S. The number of hydrogen-bond acceptors (Lipinski definition) is 4. The SMILES string of the molecule is CS(=O)(=O)c1ccc(C2=C(c3ccc(F)c(F)c3)CC(CO)(CO)C2)cc1. The Hall–Kier alpha value is -2.09. The average Bonchev–Trinajstić information content (AvgIpc) is 3.04. The summed E-state index contributed by atoms with van der Waals surface area (Å²) < 4.78 is 50.4. The minimum atomic E-state index is -3.34. The predicted molar refractivity (Wildman–Crippen MR) is 98.6 cm³/mol. The zero-order chi connectivity index (χ0) is 19.8. The van der Waals surface area contributed by atoms with Gasteiger partial charge in [-0.2, -0.15) is 0 Å². The van der Waals surface area contributed by atoms with Gasteiger partial charge in [0.15, 0.2) is 21.5 Å². The van der Waals surface area contributed by atoms with Crippen molar-refractivity contribution in [2.75, 3.05) is 19.5 Å². The third-order valence-electron chi connectivity index (χ3n) is 5.04. The molecule has 0 aromatic heterocycles. The van der Waals surface area contributed by atoms with Crippen LogP contribution >= 0.6 is 0 Å². The highest BCUT2D eigenvalue weighted by Gasteiger charge is 2.39. The zero-order valence-electron chi connectivity index (χ0n) is 14.7. The highest BCUT2D eigenvalue weighted by atomic mass is 32.2. The first-order valence-electron chi connectivity index (χ1n) is 8.39. The van der Waals surface area contributed by atoms with E-state index in [9.17, 15) is 27.4 Å². The summed E-state index contributed by atoms with van der Waals surface area (Å²) in [5.41, 5.74) is 1.85. The number of sulfone groups is 1. The lowest BCUT2D eigenvalue weighted by molar-refractivity contribution is 0.0677. The number of halogens is 2. The molecule has 2 N–H and O–H groups in total. The molecule has 144 valence electrons. The van der Waals surface area contributed by atoms with Gasteiger partial charge < -0.3 is 10.2 Å². The molecule has 0 aliphatic heterocycles. The Morgan fingerprint density at radius 2 is 1.41 bits per heavy atom. The molecule has 0 saturated carbocycles. The Kier molecular flexibility index (Phi) is 5.20. The van der Waals surface area contributed by atoms with Gasteiger partial charge in [-0.25, -0.2) is 17.2 Å². The fraction of sp³-hybridized carbons (Fsp3) is 0.300. The maximum Gasteiger partial charge on any atom is 0.175 e. The lowest BCUT2D eigenvalue weighted by Crippen LogP contribution is -2.27. The number of benzene rings is 2. The normalized spacial score (nSPS) is 16.8. The van der Waals surface area contributed by atoms with Crippen LogP contribution in [0.25, 0.3) is 11.1 Å². The maximum absolute atomic E-state index is 13.7. The Morgan fingerprint density at radius 3 is 1.89 bits per heavy atom. The second-order valence-corrected chi connectivity index (χ2v) is 9.07. The van der Waals surface area contributed by atoms with Crippen LogP contribution in [-0.4, -0.2) is 38.1 Å². The fourth-order valence-corrected chi connectivity index (χ4v) is 4.07. The molecule has 0 bridgehead atoms. The summed E-state index contributed by atoms with van der Waals surface area (Å²) in [6.45, 7) is -0.525. The molecule has 1 aliphatic carbocycles. The van der Waals surface area contributed by atoms with Gasteiger partial charge in [-0.05, 0) is 59.4 Å². The van der Waals surface area contributed by atoms with Gasteiger partial charge in [-0.3, -0.25) is 0 Å². The minimum Gasteiger partial charge on any atom is -0.396 e. The van der Waals surface area contributed by atoms with E-state index in [2.05, 4.69) is 0 Å². The van der Waals surface area contributed by atoms with E-state index in [1.807, 2.05) is 0 Å². The number of aliphatic hydroxyl groups excluding tert-OH is 2. The van der Waals surface area contributed by atoms with Crippen LogP contribution in [0.5, 0.6) is 0 Å². The summed E-state index contributed by atoms with van der Waals surface area (Å²) in [5, 5.41) is 19.6. The van der Waals surface area contributed by atoms with Crippen LogP contribution in [-0.2, 0) is 9.84 Å². The number of rotatable bonds is 5. The molecule has 4 nitrogen and oxygen atoms in total. The second kappa shape index (κ2) is 7.14. The fourth-order valence-electron chi connectivity index (χ4n) is 3.44. The highest BCUT2D eigenvalue weighted by molar-refractivity contribution is 7.90. The molecule has 7 heteroatoms. The third-order valence-corrected chi connectivity index (χ3v) is 6.17. The van der Waals surface area contributed by atoms with E-state index >= 15 is 0 Å². The summed E-state index contributed by atoms with van der Waals surface area (Å²) in [5.74, 6) is -1.93. The molecule has 0 heterocycles. The van der Waals surface area contributed by atoms with Crippen molar-refractivity contribution in [1.29, 1.82) is 0 Å². The largest absolute Gasteiger partial charge is 0.396 e. The Balaban J connectivity index is 2.12. The molecule has 2 aromatic carbocycles. The molecule has 2 aromatic rings. The highest BCUT2D eigenvalue weighted by Crippen LogP contribution is 2.49. The first kappa shape index (κ1) is 19.7. The van der Waals surface area contributed by atoms with Crippen molar-refractivity contribution in [3.8, 4) is 0 Å². The molecule has 0 spiro atoms. The van der Waals surface area contributed by atoms with E-state index in [-0.39, 0.29) is 18.1 Å². The van der Waals surface area contributed by atoms with Crippen molar-refractivity contribution < 1.29 is 27.4 Å². The van der Waals surface area contributed by atoms with Crippen LogP contribution in [0.2, 0.25) is 0 Å². The van der Waals surface area contributed by atoms with Gasteiger partial charge in [0, 0.05) is 11.7 Å². The summed E-state index contributed by atoms with van der Waals surface area (Å²) in [4.78, 5) is 0.176. The van der Waals surface area contributed by atoms with Crippen molar-refractivity contribution in [3.05, 3.63) is 65.2 Å². The van der Waals surface area contributed by atoms with Crippen LogP contribution in [0, 0.1) is 17.0 Å². The Bertz CT molecular complexity index is 991. The summed E-state index contributed by atoms with van der Waals surface area (Å²) in [6, 6.07) is 9.87. The maximum atomic E-state index is 13.7. The number of aliphatic hydroxyl groups is 2. The van der Waals surface area contributed by atoms with Crippen LogP contribution in [0.4, 0.5) is 8.78 Å². The molecule has 0 saturated heterocycles. The standard InChI is InChI=1S/C20H20F2O4S/c1-27(25,26)15-5-2-13(3-6-15)16-9-20(11-23,12-24)10-17(16)14-4-7-18(21)19(22)8-14/h2-8,23-24H,9-12H2,1H3. The molecule has 0 unspecified atom stereocenters. The van der Waals surface area contributed by atoms with E-state index < -0.39 is 26.9 Å². The number of allylic oxidation sites excluding steroid dienone is 2. The van der Waals surface area contributed by atoms with Crippen molar-refractivity contribution in [2.45, 2.75) is 17.7 Å². The molecular weight excluding hydrogens is 374 g/mol. The molecule has 3 rings (SSSR count). The predicted octanol–water partition coefficient (Wildman–Crippen LogP) is 3.04. The first-order valence-corrected chi connectivity index (χ1v) is 10.3. The molecule has 1 aliphatic rings. The van der Waals surface area contributed by atoms with Crippen molar-refractivity contribution in [1.82, 2.24) is 0 Å². The Morgan fingerprint density at radius 1 is 0.889 bits per heavy atom. The van der Waals surface area contributed by atoms with Gasteiger partial charge in [0.25, 0.3) is 0 Å². The van der Waals surface area contributed by atoms with E-state index in [1.165, 1.54) is 18.2 Å². The van der Waals surface area contributed by atoms with Gasteiger partial charge in [0.1, 0.15) is 0 Å². The topological polar surface area (TPSA) is 74.6 Å². The molecule has 27 heavy (non-hydrogen) atoms. The monoisotopic (exact) mass is 394 g/mol. The van der Waals surface area contributed by atoms with Gasteiger partial charge in [0.2, 0.25) is 0 Å². The minimum absolute atomic E-state index is 0.176. The lowest BCUT2D eigenvalue weighted by Gasteiger charge is -2.24. The molecule has 0 fully saturated rings. The summed E-state index contributed by atoms with van der Waals surface area (Å²) >= 11 is 0. The van der Waals surface area contributed by atoms with E-state index in [0.717, 1.165) is 24.0 Å². The van der Waals surface area contributed by atoms with Crippen molar-refractivity contribution in [3.63, 3.8) is 0 Å². The van der Waals surface area contributed by atoms with Gasteiger partial charge in [-0.15, -0.1) is 0 Å². The van der Waals surface area contributed by atoms with E-state index in [0.29, 0.717) is 29.5 Å². The molecule has 0 atom stereocenters. The second-order valence-electron chi connectivity index (χ2n) is 7.05. The number of hydrogen-bond donors (Lipinski definition) is 2. The molecule has 0 radical (unpaired) electrons.